The summed E-state index contributed by atoms with van der Waals surface area (Å²) in [5.41, 5.74) is 4.18. The molecule has 5 heteroatoms. The number of amides is 2. The predicted molar refractivity (Wildman–Crippen MR) is 126 cm³/mol. The minimum absolute atomic E-state index is 0.0307. The smallest absolute Gasteiger partial charge is 0.253 e. The first-order chi connectivity index (χ1) is 15.4. The van der Waals surface area contributed by atoms with Gasteiger partial charge in [-0.3, -0.25) is 9.59 Å². The molecule has 0 bridgehead atoms. The van der Waals surface area contributed by atoms with Crippen molar-refractivity contribution in [1.29, 1.82) is 0 Å². The second-order valence-electron chi connectivity index (χ2n) is 9.37. The fraction of sp³-hybridized carbons (Fsp3) is 0.481. The van der Waals surface area contributed by atoms with Gasteiger partial charge in [-0.15, -0.1) is 0 Å². The molecule has 2 aliphatic heterocycles. The zero-order valence-corrected chi connectivity index (χ0v) is 19.5. The minimum atomic E-state index is -0.102. The molecule has 0 N–H and O–H groups in total. The Morgan fingerprint density at radius 3 is 2.25 bits per heavy atom. The van der Waals surface area contributed by atoms with Crippen molar-refractivity contribution in [3.05, 3.63) is 64.7 Å². The number of hydrogen-bond donors (Lipinski definition) is 0. The van der Waals surface area contributed by atoms with Crippen LogP contribution in [-0.2, 0) is 4.79 Å². The van der Waals surface area contributed by atoms with E-state index in [1.807, 2.05) is 41.0 Å². The predicted octanol–water partition coefficient (Wildman–Crippen LogP) is 4.53. The van der Waals surface area contributed by atoms with Gasteiger partial charge < -0.3 is 14.5 Å². The third-order valence-corrected chi connectivity index (χ3v) is 6.75. The van der Waals surface area contributed by atoms with E-state index in [9.17, 15) is 9.59 Å². The van der Waals surface area contributed by atoms with Gasteiger partial charge in [0.1, 0.15) is 11.9 Å². The molecular weight excluding hydrogens is 400 g/mol. The summed E-state index contributed by atoms with van der Waals surface area (Å²) in [5.74, 6) is 1.07. The second-order valence-corrected chi connectivity index (χ2v) is 9.37. The molecule has 2 aliphatic rings. The lowest BCUT2D eigenvalue weighted by atomic mass is 9.94. The number of carbonyl (C=O) groups excluding carboxylic acids is 2. The maximum absolute atomic E-state index is 13.2. The van der Waals surface area contributed by atoms with E-state index < -0.39 is 0 Å². The Kier molecular flexibility index (Phi) is 6.83. The van der Waals surface area contributed by atoms with Crippen LogP contribution in [0.2, 0.25) is 0 Å². The van der Waals surface area contributed by atoms with Gasteiger partial charge in [0.25, 0.3) is 5.91 Å². The van der Waals surface area contributed by atoms with Gasteiger partial charge in [0.15, 0.2) is 0 Å². The Labute approximate surface area is 191 Å². The summed E-state index contributed by atoms with van der Waals surface area (Å²) in [6.45, 7) is 8.84. The summed E-state index contributed by atoms with van der Waals surface area (Å²) < 4.78 is 6.26. The lowest BCUT2D eigenvalue weighted by Gasteiger charge is -2.38. The number of benzene rings is 2. The quantitative estimate of drug-likeness (QED) is 0.710. The molecule has 32 heavy (non-hydrogen) atoms. The number of nitrogens with zero attached hydrogens (tertiary/aromatic N) is 2. The lowest BCUT2D eigenvalue weighted by Crippen LogP contribution is -2.49. The van der Waals surface area contributed by atoms with Gasteiger partial charge in [0, 0.05) is 44.6 Å². The van der Waals surface area contributed by atoms with E-state index in [1.54, 1.807) is 0 Å². The van der Waals surface area contributed by atoms with Crippen molar-refractivity contribution < 1.29 is 14.3 Å². The van der Waals surface area contributed by atoms with Crippen molar-refractivity contribution in [2.24, 2.45) is 5.92 Å². The largest absolute Gasteiger partial charge is 0.490 e. The van der Waals surface area contributed by atoms with Crippen molar-refractivity contribution in [3.63, 3.8) is 0 Å². The number of ether oxygens (including phenoxy) is 1. The molecule has 170 valence electrons. The van der Waals surface area contributed by atoms with E-state index in [-0.39, 0.29) is 23.8 Å². The summed E-state index contributed by atoms with van der Waals surface area (Å²) in [4.78, 5) is 30.0. The molecule has 0 aromatic heterocycles. The lowest BCUT2D eigenvalue weighted by molar-refractivity contribution is -0.138. The Morgan fingerprint density at radius 2 is 1.53 bits per heavy atom. The molecule has 0 saturated carbocycles. The second kappa shape index (κ2) is 9.76. The molecule has 2 aromatic rings. The maximum atomic E-state index is 13.2. The van der Waals surface area contributed by atoms with Crippen LogP contribution in [0.25, 0.3) is 0 Å². The maximum Gasteiger partial charge on any atom is 0.253 e. The minimum Gasteiger partial charge on any atom is -0.490 e. The number of carbonyl (C=O) groups is 2. The Hall–Kier alpha value is -2.82. The van der Waals surface area contributed by atoms with E-state index in [0.29, 0.717) is 12.1 Å². The van der Waals surface area contributed by atoms with Crippen LogP contribution in [-0.4, -0.2) is 53.9 Å². The van der Waals surface area contributed by atoms with Crippen LogP contribution in [0.15, 0.2) is 42.5 Å². The van der Waals surface area contributed by atoms with Crippen molar-refractivity contribution in [1.82, 2.24) is 9.80 Å². The number of likely N-dealkylation sites (tertiary alicyclic amines) is 2. The summed E-state index contributed by atoms with van der Waals surface area (Å²) in [7, 11) is 0. The number of hydrogen-bond acceptors (Lipinski definition) is 3. The summed E-state index contributed by atoms with van der Waals surface area (Å²) >= 11 is 0. The highest BCUT2D eigenvalue weighted by Gasteiger charge is 2.33. The van der Waals surface area contributed by atoms with Crippen LogP contribution in [0, 0.1) is 26.7 Å². The molecule has 2 heterocycles. The fourth-order valence-corrected chi connectivity index (χ4v) is 4.71. The van der Waals surface area contributed by atoms with Gasteiger partial charge in [0.2, 0.25) is 5.91 Å². The van der Waals surface area contributed by atoms with Gasteiger partial charge in [-0.05, 0) is 62.9 Å². The molecule has 0 aliphatic carbocycles. The fourth-order valence-electron chi connectivity index (χ4n) is 4.71. The van der Waals surface area contributed by atoms with E-state index in [4.69, 9.17) is 4.74 Å². The molecule has 2 saturated heterocycles. The molecule has 0 radical (unpaired) electrons. The third kappa shape index (κ3) is 5.14. The van der Waals surface area contributed by atoms with Crippen molar-refractivity contribution in [3.8, 4) is 5.75 Å². The molecular formula is C27H34N2O3. The Balaban J connectivity index is 1.31. The molecule has 5 nitrogen and oxygen atoms in total. The van der Waals surface area contributed by atoms with E-state index >= 15 is 0 Å². The van der Waals surface area contributed by atoms with Gasteiger partial charge in [-0.2, -0.15) is 0 Å². The molecule has 1 atom stereocenters. The first kappa shape index (κ1) is 22.4. The average Bonchev–Trinajstić information content (AvgIpc) is 2.81. The van der Waals surface area contributed by atoms with Crippen molar-refractivity contribution in [2.75, 3.05) is 26.2 Å². The van der Waals surface area contributed by atoms with Crippen molar-refractivity contribution in [2.45, 2.75) is 52.6 Å². The Morgan fingerprint density at radius 1 is 0.844 bits per heavy atom. The molecule has 2 aromatic carbocycles. The molecule has 1 unspecified atom stereocenters. The van der Waals surface area contributed by atoms with Gasteiger partial charge >= 0.3 is 0 Å². The molecule has 0 spiro atoms. The van der Waals surface area contributed by atoms with Gasteiger partial charge in [-0.1, -0.05) is 29.8 Å². The highest BCUT2D eigenvalue weighted by atomic mass is 16.5. The molecule has 2 amide bonds. The topological polar surface area (TPSA) is 49.9 Å². The normalized spacial score (nSPS) is 19.7. The SMILES string of the molecule is Cc1ccc(C(=O)N2CCCC(C(=O)N3CCC(Oc4cc(C)ccc4C)CC3)C2)cc1. The van der Waals surface area contributed by atoms with Crippen LogP contribution >= 0.6 is 0 Å². The number of rotatable bonds is 4. The van der Waals surface area contributed by atoms with E-state index in [1.165, 1.54) is 5.56 Å². The Bertz CT molecular complexity index is 961. The van der Waals surface area contributed by atoms with Crippen molar-refractivity contribution >= 4 is 11.8 Å². The third-order valence-electron chi connectivity index (χ3n) is 6.75. The average molecular weight is 435 g/mol. The van der Waals surface area contributed by atoms with Crippen LogP contribution in [0.3, 0.4) is 0 Å². The van der Waals surface area contributed by atoms with Crippen LogP contribution in [0.4, 0.5) is 0 Å². The van der Waals surface area contributed by atoms with Crippen LogP contribution < -0.4 is 4.74 Å². The standard InChI is InChI=1S/C27H34N2O3/c1-19-7-10-22(11-8-19)26(30)29-14-4-5-23(18-29)27(31)28-15-12-24(13-16-28)32-25-17-20(2)6-9-21(25)3/h6-11,17,23-24H,4-5,12-16,18H2,1-3H3. The number of aryl methyl sites for hydroxylation is 3. The number of piperidine rings is 2. The molecule has 2 fully saturated rings. The van der Waals surface area contributed by atoms with Crippen LogP contribution in [0.5, 0.6) is 5.75 Å². The van der Waals surface area contributed by atoms with Crippen LogP contribution in [0.1, 0.15) is 52.7 Å². The first-order valence-corrected chi connectivity index (χ1v) is 11.8. The summed E-state index contributed by atoms with van der Waals surface area (Å²) in [5, 5.41) is 0. The monoisotopic (exact) mass is 434 g/mol. The summed E-state index contributed by atoms with van der Waals surface area (Å²) in [6.07, 6.45) is 3.57. The molecule has 4 rings (SSSR count). The van der Waals surface area contributed by atoms with Gasteiger partial charge in [-0.25, -0.2) is 0 Å². The first-order valence-electron chi connectivity index (χ1n) is 11.8. The van der Waals surface area contributed by atoms with E-state index in [2.05, 4.69) is 32.0 Å². The highest BCUT2D eigenvalue weighted by molar-refractivity contribution is 5.94. The zero-order chi connectivity index (χ0) is 22.7. The van der Waals surface area contributed by atoms with Gasteiger partial charge in [0.05, 0.1) is 5.92 Å². The van der Waals surface area contributed by atoms with E-state index in [0.717, 1.165) is 62.2 Å². The summed E-state index contributed by atoms with van der Waals surface area (Å²) in [6, 6.07) is 14.0. The zero-order valence-electron chi connectivity index (χ0n) is 19.5. The highest BCUT2D eigenvalue weighted by Crippen LogP contribution is 2.26.